The van der Waals surface area contributed by atoms with Crippen molar-refractivity contribution in [2.75, 3.05) is 21.0 Å². The van der Waals surface area contributed by atoms with E-state index in [9.17, 15) is 0 Å². The van der Waals surface area contributed by atoms with Crippen molar-refractivity contribution in [1.29, 1.82) is 0 Å². The molecule has 1 aliphatic heterocycles. The number of hydrogen-bond donors (Lipinski definition) is 0. The molecule has 22 heavy (non-hydrogen) atoms. The molecule has 0 saturated carbocycles. The predicted molar refractivity (Wildman–Crippen MR) is 85.5 cm³/mol. The molecule has 0 aromatic heterocycles. The van der Waals surface area contributed by atoms with Crippen LogP contribution in [-0.4, -0.2) is 25.9 Å². The minimum atomic E-state index is 0.602. The summed E-state index contributed by atoms with van der Waals surface area (Å²) in [4.78, 5) is 2.26. The standard InChI is InChI=1S/C18H21NO3/c1-13-4-6-15-11-19(12-22-17(15)8-13)10-14-5-7-16(20-2)18(9-14)21-3/h4-9H,10-12H2,1-3H3. The minimum absolute atomic E-state index is 0.602. The van der Waals surface area contributed by atoms with Crippen molar-refractivity contribution in [2.24, 2.45) is 0 Å². The van der Waals surface area contributed by atoms with Crippen LogP contribution in [0, 0.1) is 6.92 Å². The van der Waals surface area contributed by atoms with E-state index in [1.165, 1.54) is 16.7 Å². The van der Waals surface area contributed by atoms with Gasteiger partial charge in [0.1, 0.15) is 12.5 Å². The van der Waals surface area contributed by atoms with Gasteiger partial charge in [-0.3, -0.25) is 4.90 Å². The first-order chi connectivity index (χ1) is 10.7. The molecule has 0 atom stereocenters. The summed E-state index contributed by atoms with van der Waals surface area (Å²) < 4.78 is 16.5. The van der Waals surface area contributed by atoms with E-state index in [4.69, 9.17) is 14.2 Å². The first kappa shape index (κ1) is 14.7. The monoisotopic (exact) mass is 299 g/mol. The van der Waals surface area contributed by atoms with E-state index in [1.807, 2.05) is 12.1 Å². The topological polar surface area (TPSA) is 30.9 Å². The zero-order chi connectivity index (χ0) is 15.5. The summed E-state index contributed by atoms with van der Waals surface area (Å²) in [5.41, 5.74) is 3.64. The number of aryl methyl sites for hydroxylation is 1. The Bertz CT molecular complexity index is 669. The molecule has 0 unspecified atom stereocenters. The van der Waals surface area contributed by atoms with E-state index in [1.54, 1.807) is 14.2 Å². The Morgan fingerprint density at radius 2 is 1.86 bits per heavy atom. The van der Waals surface area contributed by atoms with Gasteiger partial charge >= 0.3 is 0 Å². The van der Waals surface area contributed by atoms with Gasteiger partial charge in [0.2, 0.25) is 0 Å². The summed E-state index contributed by atoms with van der Waals surface area (Å²) in [5.74, 6) is 2.51. The van der Waals surface area contributed by atoms with Crippen LogP contribution >= 0.6 is 0 Å². The second-order valence-corrected chi connectivity index (χ2v) is 5.56. The Hall–Kier alpha value is -2.20. The highest BCUT2D eigenvalue weighted by Gasteiger charge is 2.18. The highest BCUT2D eigenvalue weighted by atomic mass is 16.5. The predicted octanol–water partition coefficient (Wildman–Crippen LogP) is 3.36. The number of nitrogens with zero attached hydrogens (tertiary/aromatic N) is 1. The van der Waals surface area contributed by atoms with Gasteiger partial charge in [0, 0.05) is 18.7 Å². The van der Waals surface area contributed by atoms with Crippen molar-refractivity contribution in [3.63, 3.8) is 0 Å². The molecule has 2 aromatic rings. The van der Waals surface area contributed by atoms with Crippen LogP contribution < -0.4 is 14.2 Å². The van der Waals surface area contributed by atoms with E-state index in [-0.39, 0.29) is 0 Å². The summed E-state index contributed by atoms with van der Waals surface area (Å²) in [6.07, 6.45) is 0. The molecule has 0 amide bonds. The van der Waals surface area contributed by atoms with Crippen LogP contribution in [0.3, 0.4) is 0 Å². The maximum atomic E-state index is 5.86. The van der Waals surface area contributed by atoms with E-state index in [0.29, 0.717) is 6.73 Å². The fraction of sp³-hybridized carbons (Fsp3) is 0.333. The number of fused-ring (bicyclic) bond motifs is 1. The fourth-order valence-electron chi connectivity index (χ4n) is 2.71. The quantitative estimate of drug-likeness (QED) is 0.866. The minimum Gasteiger partial charge on any atom is -0.493 e. The van der Waals surface area contributed by atoms with Crippen molar-refractivity contribution in [1.82, 2.24) is 4.90 Å². The van der Waals surface area contributed by atoms with Gasteiger partial charge < -0.3 is 14.2 Å². The van der Waals surface area contributed by atoms with Crippen molar-refractivity contribution < 1.29 is 14.2 Å². The molecule has 1 aliphatic rings. The summed E-state index contributed by atoms with van der Waals surface area (Å²) in [5, 5.41) is 0. The smallest absolute Gasteiger partial charge is 0.161 e. The van der Waals surface area contributed by atoms with Gasteiger partial charge in [-0.2, -0.15) is 0 Å². The Morgan fingerprint density at radius 1 is 1.05 bits per heavy atom. The molecule has 2 aromatic carbocycles. The van der Waals surface area contributed by atoms with Gasteiger partial charge in [-0.25, -0.2) is 0 Å². The van der Waals surface area contributed by atoms with Crippen molar-refractivity contribution in [3.8, 4) is 17.2 Å². The van der Waals surface area contributed by atoms with Crippen LogP contribution in [0.25, 0.3) is 0 Å². The Morgan fingerprint density at radius 3 is 2.64 bits per heavy atom. The normalized spacial score (nSPS) is 14.1. The first-order valence-corrected chi connectivity index (χ1v) is 7.35. The van der Waals surface area contributed by atoms with E-state index in [2.05, 4.69) is 36.1 Å². The van der Waals surface area contributed by atoms with Crippen LogP contribution in [-0.2, 0) is 13.1 Å². The van der Waals surface area contributed by atoms with Crippen LogP contribution in [0.4, 0.5) is 0 Å². The van der Waals surface area contributed by atoms with Crippen LogP contribution in [0.15, 0.2) is 36.4 Å². The largest absolute Gasteiger partial charge is 0.493 e. The molecule has 4 heteroatoms. The van der Waals surface area contributed by atoms with E-state index >= 15 is 0 Å². The third kappa shape index (κ3) is 3.02. The fourth-order valence-corrected chi connectivity index (χ4v) is 2.71. The van der Waals surface area contributed by atoms with Crippen LogP contribution in [0.5, 0.6) is 17.2 Å². The Balaban J connectivity index is 1.73. The lowest BCUT2D eigenvalue weighted by molar-refractivity contribution is 0.0886. The molecule has 0 N–H and O–H groups in total. The van der Waals surface area contributed by atoms with Crippen molar-refractivity contribution in [2.45, 2.75) is 20.0 Å². The van der Waals surface area contributed by atoms with Gasteiger partial charge in [-0.15, -0.1) is 0 Å². The summed E-state index contributed by atoms with van der Waals surface area (Å²) in [6, 6.07) is 12.4. The number of benzene rings is 2. The summed E-state index contributed by atoms with van der Waals surface area (Å²) in [6.45, 7) is 4.39. The number of methoxy groups -OCH3 is 2. The molecule has 1 heterocycles. The average Bonchev–Trinajstić information content (AvgIpc) is 2.55. The molecular formula is C18H21NO3. The molecule has 116 valence electrons. The van der Waals surface area contributed by atoms with Gasteiger partial charge in [0.25, 0.3) is 0 Å². The van der Waals surface area contributed by atoms with Gasteiger partial charge in [0.05, 0.1) is 14.2 Å². The molecule has 3 rings (SSSR count). The van der Waals surface area contributed by atoms with Gasteiger partial charge in [0.15, 0.2) is 11.5 Å². The summed E-state index contributed by atoms with van der Waals surface area (Å²) >= 11 is 0. The van der Waals surface area contributed by atoms with Crippen molar-refractivity contribution >= 4 is 0 Å². The van der Waals surface area contributed by atoms with E-state index in [0.717, 1.165) is 30.3 Å². The van der Waals surface area contributed by atoms with Crippen molar-refractivity contribution in [3.05, 3.63) is 53.1 Å². The van der Waals surface area contributed by atoms with Crippen LogP contribution in [0.2, 0.25) is 0 Å². The molecule has 0 spiro atoms. The Labute approximate surface area is 131 Å². The lowest BCUT2D eigenvalue weighted by Gasteiger charge is -2.29. The molecule has 0 saturated heterocycles. The Kier molecular flexibility index (Phi) is 4.20. The molecule has 0 bridgehead atoms. The molecule has 0 aliphatic carbocycles. The maximum Gasteiger partial charge on any atom is 0.161 e. The molecule has 4 nitrogen and oxygen atoms in total. The SMILES string of the molecule is COc1ccc(CN2COc3cc(C)ccc3C2)cc1OC. The number of rotatable bonds is 4. The zero-order valence-corrected chi connectivity index (χ0v) is 13.3. The third-order valence-corrected chi connectivity index (χ3v) is 3.87. The van der Waals surface area contributed by atoms with E-state index < -0.39 is 0 Å². The number of hydrogen-bond acceptors (Lipinski definition) is 4. The number of ether oxygens (including phenoxy) is 3. The third-order valence-electron chi connectivity index (χ3n) is 3.87. The molecule has 0 radical (unpaired) electrons. The molecule has 0 fully saturated rings. The highest BCUT2D eigenvalue weighted by Crippen LogP contribution is 2.30. The maximum absolute atomic E-state index is 5.86. The second-order valence-electron chi connectivity index (χ2n) is 5.56. The first-order valence-electron chi connectivity index (χ1n) is 7.35. The zero-order valence-electron chi connectivity index (χ0n) is 13.3. The van der Waals surface area contributed by atoms with Gasteiger partial charge in [-0.1, -0.05) is 18.2 Å². The lowest BCUT2D eigenvalue weighted by Crippen LogP contribution is -2.31. The van der Waals surface area contributed by atoms with Gasteiger partial charge in [-0.05, 0) is 36.2 Å². The lowest BCUT2D eigenvalue weighted by atomic mass is 10.1. The highest BCUT2D eigenvalue weighted by molar-refractivity contribution is 5.43. The summed E-state index contributed by atoms with van der Waals surface area (Å²) in [7, 11) is 3.30. The second kappa shape index (κ2) is 6.28. The van der Waals surface area contributed by atoms with Crippen LogP contribution in [0.1, 0.15) is 16.7 Å². The molecular weight excluding hydrogens is 278 g/mol. The average molecular weight is 299 g/mol.